The van der Waals surface area contributed by atoms with Crippen molar-refractivity contribution in [2.24, 2.45) is 11.8 Å². The summed E-state index contributed by atoms with van der Waals surface area (Å²) in [6.45, 7) is 4.39. The zero-order valence-electron chi connectivity index (χ0n) is 16.0. The second-order valence-electron chi connectivity index (χ2n) is 7.60. The quantitative estimate of drug-likeness (QED) is 0.767. The average Bonchev–Trinajstić information content (AvgIpc) is 3.25. The van der Waals surface area contributed by atoms with Crippen molar-refractivity contribution in [3.05, 3.63) is 64.7 Å². The number of hydrogen-bond acceptors (Lipinski definition) is 4. The predicted molar refractivity (Wildman–Crippen MR) is 105 cm³/mol. The van der Waals surface area contributed by atoms with Gasteiger partial charge in [0.05, 0.1) is 17.2 Å². The van der Waals surface area contributed by atoms with Crippen LogP contribution >= 0.6 is 0 Å². The molecule has 0 radical (unpaired) electrons. The highest BCUT2D eigenvalue weighted by atomic mass is 16.5. The van der Waals surface area contributed by atoms with E-state index < -0.39 is 0 Å². The smallest absolute Gasteiger partial charge is 0.338 e. The van der Waals surface area contributed by atoms with Crippen LogP contribution < -0.4 is 4.90 Å². The van der Waals surface area contributed by atoms with Crippen LogP contribution in [0, 0.1) is 37.0 Å². The van der Waals surface area contributed by atoms with Gasteiger partial charge in [-0.2, -0.15) is 5.26 Å². The van der Waals surface area contributed by atoms with Gasteiger partial charge in [0.15, 0.2) is 0 Å². The molecule has 0 N–H and O–H groups in total. The van der Waals surface area contributed by atoms with Crippen LogP contribution in [0.25, 0.3) is 0 Å². The summed E-state index contributed by atoms with van der Waals surface area (Å²) in [7, 11) is 0. The first-order chi connectivity index (χ1) is 13.5. The van der Waals surface area contributed by atoms with E-state index in [1.807, 2.05) is 38.1 Å². The minimum Gasteiger partial charge on any atom is -0.458 e. The number of carbonyl (C=O) groups is 2. The molecule has 1 heterocycles. The summed E-state index contributed by atoms with van der Waals surface area (Å²) in [5.41, 5.74) is 3.86. The van der Waals surface area contributed by atoms with E-state index in [-0.39, 0.29) is 29.8 Å². The molecule has 1 saturated heterocycles. The topological polar surface area (TPSA) is 70.4 Å². The highest BCUT2D eigenvalue weighted by Gasteiger charge is 2.50. The maximum absolute atomic E-state index is 13.0. The van der Waals surface area contributed by atoms with E-state index in [2.05, 4.69) is 6.07 Å². The third-order valence-electron chi connectivity index (χ3n) is 6.17. The molecule has 5 nitrogen and oxygen atoms in total. The Labute approximate surface area is 164 Å². The van der Waals surface area contributed by atoms with Crippen molar-refractivity contribution in [3.8, 4) is 6.07 Å². The molecule has 1 amide bonds. The SMILES string of the molecule is Cc1c(C#N)ccc(N2C[C@@H]3C(OC(=O)c4ccccc4)CC[C@@H]3C2=O)c1C. The summed E-state index contributed by atoms with van der Waals surface area (Å²) in [6.07, 6.45) is 1.21. The third-order valence-corrected chi connectivity index (χ3v) is 6.17. The van der Waals surface area contributed by atoms with Gasteiger partial charge in [0.1, 0.15) is 6.10 Å². The number of amides is 1. The fraction of sp³-hybridized carbons (Fsp3) is 0.348. The number of esters is 1. The minimum absolute atomic E-state index is 0.00973. The molecule has 0 spiro atoms. The molecule has 1 unspecified atom stereocenters. The summed E-state index contributed by atoms with van der Waals surface area (Å²) in [4.78, 5) is 27.3. The Bertz CT molecular complexity index is 977. The molecule has 4 rings (SSSR count). The number of rotatable bonds is 3. The van der Waals surface area contributed by atoms with E-state index in [4.69, 9.17) is 4.74 Å². The lowest BCUT2D eigenvalue weighted by atomic mass is 9.99. The lowest BCUT2D eigenvalue weighted by Gasteiger charge is -2.23. The van der Waals surface area contributed by atoms with Crippen LogP contribution in [-0.4, -0.2) is 24.5 Å². The highest BCUT2D eigenvalue weighted by Crippen LogP contribution is 2.43. The van der Waals surface area contributed by atoms with Crippen LogP contribution in [-0.2, 0) is 9.53 Å². The van der Waals surface area contributed by atoms with Gasteiger partial charge >= 0.3 is 5.97 Å². The van der Waals surface area contributed by atoms with Gasteiger partial charge in [-0.1, -0.05) is 18.2 Å². The zero-order valence-corrected chi connectivity index (χ0v) is 16.0. The van der Waals surface area contributed by atoms with E-state index in [1.165, 1.54) is 0 Å². The summed E-state index contributed by atoms with van der Waals surface area (Å²) >= 11 is 0. The first-order valence-electron chi connectivity index (χ1n) is 9.59. The van der Waals surface area contributed by atoms with Gasteiger partial charge in [0.25, 0.3) is 0 Å². The number of hydrogen-bond donors (Lipinski definition) is 0. The second kappa shape index (κ2) is 7.12. The number of nitrogens with zero attached hydrogens (tertiary/aromatic N) is 2. The number of ether oxygens (including phenoxy) is 1. The van der Waals surface area contributed by atoms with Crippen LogP contribution in [0.15, 0.2) is 42.5 Å². The molecule has 1 saturated carbocycles. The summed E-state index contributed by atoms with van der Waals surface area (Å²) < 4.78 is 5.77. The largest absolute Gasteiger partial charge is 0.458 e. The molecule has 3 atom stereocenters. The lowest BCUT2D eigenvalue weighted by Crippen LogP contribution is -2.30. The van der Waals surface area contributed by atoms with Crippen molar-refractivity contribution in [1.82, 2.24) is 0 Å². The van der Waals surface area contributed by atoms with E-state index in [1.54, 1.807) is 23.1 Å². The van der Waals surface area contributed by atoms with Crippen LogP contribution in [0.1, 0.15) is 39.9 Å². The number of benzene rings is 2. The summed E-state index contributed by atoms with van der Waals surface area (Å²) in [5.74, 6) is -0.336. The van der Waals surface area contributed by atoms with Crippen LogP contribution in [0.5, 0.6) is 0 Å². The molecule has 2 aromatic rings. The molecular formula is C23H22N2O3. The maximum atomic E-state index is 13.0. The highest BCUT2D eigenvalue weighted by molar-refractivity contribution is 5.99. The van der Waals surface area contributed by atoms with Crippen molar-refractivity contribution in [1.29, 1.82) is 5.26 Å². The third kappa shape index (κ3) is 2.95. The molecule has 0 bridgehead atoms. The molecular weight excluding hydrogens is 352 g/mol. The van der Waals surface area contributed by atoms with Gasteiger partial charge in [-0.3, -0.25) is 4.79 Å². The van der Waals surface area contributed by atoms with Crippen LogP contribution in [0.3, 0.4) is 0 Å². The monoisotopic (exact) mass is 374 g/mol. The Hall–Kier alpha value is -3.13. The molecule has 2 aliphatic rings. The molecule has 1 aliphatic heterocycles. The van der Waals surface area contributed by atoms with Gasteiger partial charge in [0.2, 0.25) is 5.91 Å². The minimum atomic E-state index is -0.331. The fourth-order valence-corrected chi connectivity index (χ4v) is 4.45. The standard InChI is InChI=1S/C23H22N2O3/c1-14-15(2)20(10-8-17(14)12-24)25-13-19-18(22(25)26)9-11-21(19)28-23(27)16-6-4-3-5-7-16/h3-8,10,18-19,21H,9,11,13H2,1-2H3/t18-,19-,21?/m0/s1. The second-order valence-corrected chi connectivity index (χ2v) is 7.60. The number of carbonyl (C=O) groups excluding carboxylic acids is 2. The first kappa shape index (κ1) is 18.2. The number of fused-ring (bicyclic) bond motifs is 1. The van der Waals surface area contributed by atoms with E-state index in [0.717, 1.165) is 29.7 Å². The molecule has 2 aromatic carbocycles. The Morgan fingerprint density at radius 1 is 1.11 bits per heavy atom. The van der Waals surface area contributed by atoms with Crippen molar-refractivity contribution >= 4 is 17.6 Å². The van der Waals surface area contributed by atoms with E-state index >= 15 is 0 Å². The Balaban J connectivity index is 1.54. The van der Waals surface area contributed by atoms with Gasteiger partial charge in [0, 0.05) is 24.1 Å². The summed E-state index contributed by atoms with van der Waals surface area (Å²) in [6, 6.07) is 14.8. The molecule has 142 valence electrons. The van der Waals surface area contributed by atoms with Gasteiger partial charge in [-0.15, -0.1) is 0 Å². The lowest BCUT2D eigenvalue weighted by molar-refractivity contribution is -0.120. The predicted octanol–water partition coefficient (Wildman–Crippen LogP) is 3.77. The van der Waals surface area contributed by atoms with Gasteiger partial charge in [-0.25, -0.2) is 4.79 Å². The number of nitriles is 1. The molecule has 0 aromatic heterocycles. The maximum Gasteiger partial charge on any atom is 0.338 e. The van der Waals surface area contributed by atoms with Crippen molar-refractivity contribution in [2.45, 2.75) is 32.8 Å². The average molecular weight is 374 g/mol. The normalized spacial score (nSPS) is 23.4. The van der Waals surface area contributed by atoms with Crippen molar-refractivity contribution < 1.29 is 14.3 Å². The Morgan fingerprint density at radius 3 is 2.57 bits per heavy atom. The van der Waals surface area contributed by atoms with E-state index in [9.17, 15) is 14.9 Å². The molecule has 2 fully saturated rings. The van der Waals surface area contributed by atoms with E-state index in [0.29, 0.717) is 17.7 Å². The Kier molecular flexibility index (Phi) is 4.64. The first-order valence-corrected chi connectivity index (χ1v) is 9.59. The molecule has 1 aliphatic carbocycles. The fourth-order valence-electron chi connectivity index (χ4n) is 4.45. The van der Waals surface area contributed by atoms with Crippen molar-refractivity contribution in [3.63, 3.8) is 0 Å². The van der Waals surface area contributed by atoms with Crippen LogP contribution in [0.4, 0.5) is 5.69 Å². The summed E-state index contributed by atoms with van der Waals surface area (Å²) in [5, 5.41) is 9.22. The zero-order chi connectivity index (χ0) is 19.8. The van der Waals surface area contributed by atoms with Gasteiger partial charge < -0.3 is 9.64 Å². The Morgan fingerprint density at radius 2 is 1.86 bits per heavy atom. The van der Waals surface area contributed by atoms with Gasteiger partial charge in [-0.05, 0) is 62.1 Å². The van der Waals surface area contributed by atoms with Crippen LogP contribution in [0.2, 0.25) is 0 Å². The number of anilines is 1. The molecule has 28 heavy (non-hydrogen) atoms. The van der Waals surface area contributed by atoms with Crippen molar-refractivity contribution in [2.75, 3.05) is 11.4 Å². The molecule has 5 heteroatoms.